The van der Waals surface area contributed by atoms with Crippen molar-refractivity contribution in [2.45, 2.75) is 31.9 Å². The number of likely N-dealkylation sites (tertiary alicyclic amines) is 1. The molecule has 2 aromatic rings. The first kappa shape index (κ1) is 17.4. The lowest BCUT2D eigenvalue weighted by Gasteiger charge is -2.26. The van der Waals surface area contributed by atoms with Crippen LogP contribution < -0.4 is 0 Å². The standard InChI is InChI=1S/C19H22FN3O2/c1-3-11-25-13(2)19(24)23-10-6-9-17(23)18-21-12-16(22-18)14-7-4-5-8-15(14)20/h3-5,7-8,12-13,17H,1,6,9-11H2,2H3,(H,21,22)/t13-,17-/m1/s1. The fourth-order valence-electron chi connectivity index (χ4n) is 3.15. The molecule has 5 nitrogen and oxygen atoms in total. The zero-order valence-electron chi connectivity index (χ0n) is 14.2. The van der Waals surface area contributed by atoms with Crippen LogP contribution in [0.3, 0.4) is 0 Å². The lowest BCUT2D eigenvalue weighted by molar-refractivity contribution is -0.143. The maximum Gasteiger partial charge on any atom is 0.252 e. The minimum absolute atomic E-state index is 0.0619. The average molecular weight is 343 g/mol. The predicted octanol–water partition coefficient (Wildman–Crippen LogP) is 3.47. The van der Waals surface area contributed by atoms with Crippen molar-refractivity contribution < 1.29 is 13.9 Å². The highest BCUT2D eigenvalue weighted by Gasteiger charge is 2.34. The van der Waals surface area contributed by atoms with Crippen molar-refractivity contribution in [3.8, 4) is 11.3 Å². The second-order valence-electron chi connectivity index (χ2n) is 6.12. The summed E-state index contributed by atoms with van der Waals surface area (Å²) in [6.45, 7) is 6.34. The number of aromatic nitrogens is 2. The van der Waals surface area contributed by atoms with Crippen molar-refractivity contribution in [3.63, 3.8) is 0 Å². The van der Waals surface area contributed by atoms with Gasteiger partial charge in [0.1, 0.15) is 17.7 Å². The topological polar surface area (TPSA) is 58.2 Å². The number of amides is 1. The summed E-state index contributed by atoms with van der Waals surface area (Å²) in [5.74, 6) is 0.316. The molecule has 2 atom stereocenters. The lowest BCUT2D eigenvalue weighted by Crippen LogP contribution is -2.39. The van der Waals surface area contributed by atoms with Crippen LogP contribution in [-0.2, 0) is 9.53 Å². The van der Waals surface area contributed by atoms with Crippen LogP contribution in [0.25, 0.3) is 11.3 Å². The molecule has 2 heterocycles. The Labute approximate surface area is 146 Å². The number of rotatable bonds is 6. The summed E-state index contributed by atoms with van der Waals surface area (Å²) in [5.41, 5.74) is 1.09. The quantitative estimate of drug-likeness (QED) is 0.817. The van der Waals surface area contributed by atoms with Gasteiger partial charge in [0.15, 0.2) is 0 Å². The van der Waals surface area contributed by atoms with Gasteiger partial charge < -0.3 is 14.6 Å². The zero-order valence-corrected chi connectivity index (χ0v) is 14.2. The molecule has 1 saturated heterocycles. The first-order valence-electron chi connectivity index (χ1n) is 8.44. The molecule has 3 rings (SSSR count). The SMILES string of the molecule is C=CCO[C@H](C)C(=O)N1CCC[C@@H]1c1ncc(-c2ccccc2F)[nH]1. The van der Waals surface area contributed by atoms with E-state index in [4.69, 9.17) is 4.74 Å². The Hall–Kier alpha value is -2.47. The number of nitrogens with one attached hydrogen (secondary N) is 1. The summed E-state index contributed by atoms with van der Waals surface area (Å²) < 4.78 is 19.4. The Morgan fingerprint density at radius 1 is 1.56 bits per heavy atom. The Kier molecular flexibility index (Phi) is 5.28. The van der Waals surface area contributed by atoms with Crippen molar-refractivity contribution in [3.05, 3.63) is 54.8 Å². The average Bonchev–Trinajstić information content (AvgIpc) is 3.28. The number of H-pyrrole nitrogens is 1. The van der Waals surface area contributed by atoms with Crippen LogP contribution >= 0.6 is 0 Å². The van der Waals surface area contributed by atoms with Crippen LogP contribution in [0.5, 0.6) is 0 Å². The summed E-state index contributed by atoms with van der Waals surface area (Å²) in [6, 6.07) is 6.42. The molecule has 0 spiro atoms. The van der Waals surface area contributed by atoms with E-state index in [-0.39, 0.29) is 17.8 Å². The minimum atomic E-state index is -0.528. The Morgan fingerprint density at radius 2 is 2.36 bits per heavy atom. The number of hydrogen-bond donors (Lipinski definition) is 1. The van der Waals surface area contributed by atoms with Gasteiger partial charge in [-0.15, -0.1) is 6.58 Å². The van der Waals surface area contributed by atoms with Crippen LogP contribution in [0.1, 0.15) is 31.6 Å². The van der Waals surface area contributed by atoms with Crippen LogP contribution in [0.2, 0.25) is 0 Å². The highest BCUT2D eigenvalue weighted by molar-refractivity contribution is 5.81. The van der Waals surface area contributed by atoms with Crippen LogP contribution in [0.4, 0.5) is 4.39 Å². The molecule has 132 valence electrons. The van der Waals surface area contributed by atoms with Crippen LogP contribution in [0.15, 0.2) is 43.1 Å². The zero-order chi connectivity index (χ0) is 17.8. The number of hydrogen-bond acceptors (Lipinski definition) is 3. The van der Waals surface area contributed by atoms with Gasteiger partial charge in [-0.3, -0.25) is 4.79 Å². The largest absolute Gasteiger partial charge is 0.365 e. The molecule has 25 heavy (non-hydrogen) atoms. The molecule has 1 aromatic carbocycles. The van der Waals surface area contributed by atoms with Crippen LogP contribution in [0, 0.1) is 5.82 Å². The first-order valence-corrected chi connectivity index (χ1v) is 8.44. The highest BCUT2D eigenvalue weighted by Crippen LogP contribution is 2.32. The second-order valence-corrected chi connectivity index (χ2v) is 6.12. The molecule has 0 unspecified atom stereocenters. The molecule has 1 amide bonds. The Morgan fingerprint density at radius 3 is 3.12 bits per heavy atom. The molecule has 0 aliphatic carbocycles. The van der Waals surface area contributed by atoms with Crippen molar-refractivity contribution in [1.82, 2.24) is 14.9 Å². The van der Waals surface area contributed by atoms with E-state index >= 15 is 0 Å². The van der Waals surface area contributed by atoms with E-state index in [2.05, 4.69) is 16.5 Å². The van der Waals surface area contributed by atoms with Gasteiger partial charge in [0, 0.05) is 12.1 Å². The van der Waals surface area contributed by atoms with E-state index in [9.17, 15) is 9.18 Å². The Bertz CT molecular complexity index is 759. The summed E-state index contributed by atoms with van der Waals surface area (Å²) in [7, 11) is 0. The number of imidazole rings is 1. The monoisotopic (exact) mass is 343 g/mol. The number of carbonyl (C=O) groups is 1. The molecule has 6 heteroatoms. The van der Waals surface area contributed by atoms with Gasteiger partial charge in [0.25, 0.3) is 5.91 Å². The fourth-order valence-corrected chi connectivity index (χ4v) is 3.15. The maximum absolute atomic E-state index is 14.0. The number of nitrogens with zero attached hydrogens (tertiary/aromatic N) is 2. The van der Waals surface area contributed by atoms with Gasteiger partial charge in [-0.2, -0.15) is 0 Å². The summed E-state index contributed by atoms with van der Waals surface area (Å²) in [6.07, 6.45) is 4.44. The molecule has 0 saturated carbocycles. The fraction of sp³-hybridized carbons (Fsp3) is 0.368. The normalized spacial score (nSPS) is 18.3. The molecule has 1 fully saturated rings. The summed E-state index contributed by atoms with van der Waals surface area (Å²) in [4.78, 5) is 22.0. The molecule has 0 bridgehead atoms. The third-order valence-electron chi connectivity index (χ3n) is 4.42. The second kappa shape index (κ2) is 7.61. The van der Waals surface area contributed by atoms with E-state index in [0.29, 0.717) is 30.2 Å². The van der Waals surface area contributed by atoms with Crippen LogP contribution in [-0.4, -0.2) is 40.0 Å². The van der Waals surface area contributed by atoms with E-state index < -0.39 is 6.10 Å². The minimum Gasteiger partial charge on any atom is -0.365 e. The highest BCUT2D eigenvalue weighted by atomic mass is 19.1. The van der Waals surface area contributed by atoms with E-state index in [0.717, 1.165) is 12.8 Å². The number of benzene rings is 1. The predicted molar refractivity (Wildman–Crippen MR) is 93.3 cm³/mol. The van der Waals surface area contributed by atoms with Gasteiger partial charge in [0.05, 0.1) is 24.5 Å². The lowest BCUT2D eigenvalue weighted by atomic mass is 10.1. The number of carbonyl (C=O) groups excluding carboxylic acids is 1. The summed E-state index contributed by atoms with van der Waals surface area (Å²) in [5, 5.41) is 0. The van der Waals surface area contributed by atoms with Gasteiger partial charge in [-0.25, -0.2) is 9.37 Å². The molecule has 1 aliphatic rings. The van der Waals surface area contributed by atoms with Crippen molar-refractivity contribution in [2.24, 2.45) is 0 Å². The van der Waals surface area contributed by atoms with Crippen molar-refractivity contribution in [2.75, 3.05) is 13.2 Å². The maximum atomic E-state index is 14.0. The molecule has 1 N–H and O–H groups in total. The van der Waals surface area contributed by atoms with Gasteiger partial charge in [-0.1, -0.05) is 18.2 Å². The van der Waals surface area contributed by atoms with Gasteiger partial charge >= 0.3 is 0 Å². The first-order chi connectivity index (χ1) is 12.1. The smallest absolute Gasteiger partial charge is 0.252 e. The van der Waals surface area contributed by atoms with Gasteiger partial charge in [0.2, 0.25) is 0 Å². The van der Waals surface area contributed by atoms with E-state index in [1.807, 2.05) is 0 Å². The van der Waals surface area contributed by atoms with Gasteiger partial charge in [-0.05, 0) is 31.9 Å². The molecular weight excluding hydrogens is 321 g/mol. The molecule has 1 aliphatic heterocycles. The van der Waals surface area contributed by atoms with E-state index in [1.54, 1.807) is 42.3 Å². The van der Waals surface area contributed by atoms with Crippen molar-refractivity contribution >= 4 is 5.91 Å². The van der Waals surface area contributed by atoms with E-state index in [1.165, 1.54) is 6.07 Å². The number of halogens is 1. The molecule has 1 aromatic heterocycles. The third-order valence-corrected chi connectivity index (χ3v) is 4.42. The van der Waals surface area contributed by atoms with Crippen molar-refractivity contribution in [1.29, 1.82) is 0 Å². The Balaban J connectivity index is 1.78. The number of ether oxygens (including phenoxy) is 1. The third kappa shape index (κ3) is 3.64. The summed E-state index contributed by atoms with van der Waals surface area (Å²) >= 11 is 0. The molecular formula is C19H22FN3O2. The molecule has 0 radical (unpaired) electrons. The number of aromatic amines is 1.